The van der Waals surface area contributed by atoms with E-state index in [-0.39, 0.29) is 6.42 Å². The lowest BCUT2D eigenvalue weighted by molar-refractivity contribution is -0.137. The highest BCUT2D eigenvalue weighted by atomic mass is 16.5. The molecule has 0 saturated heterocycles. The van der Waals surface area contributed by atoms with E-state index in [4.69, 9.17) is 9.84 Å². The summed E-state index contributed by atoms with van der Waals surface area (Å²) >= 11 is 0. The standard InChI is InChI=1S/C12H19N3O3/c1-3-9-18-10-6-7-13-12(14-10)15(2)8-4-5-11(16)17/h6-7H,3-5,8-9H2,1-2H3,(H,16,17). The van der Waals surface area contributed by atoms with Gasteiger partial charge in [0, 0.05) is 32.3 Å². The number of anilines is 1. The molecule has 1 heterocycles. The van der Waals surface area contributed by atoms with Crippen LogP contribution in [0.3, 0.4) is 0 Å². The minimum Gasteiger partial charge on any atom is -0.481 e. The van der Waals surface area contributed by atoms with Crippen molar-refractivity contribution in [2.45, 2.75) is 26.2 Å². The first-order valence-electron chi connectivity index (χ1n) is 6.02. The second-order valence-corrected chi connectivity index (χ2v) is 3.96. The Morgan fingerprint density at radius 3 is 3.00 bits per heavy atom. The first-order valence-corrected chi connectivity index (χ1v) is 6.02. The summed E-state index contributed by atoms with van der Waals surface area (Å²) in [5.74, 6) is 0.310. The summed E-state index contributed by atoms with van der Waals surface area (Å²) < 4.78 is 5.42. The number of hydrogen-bond donors (Lipinski definition) is 1. The maximum absolute atomic E-state index is 10.4. The molecule has 0 aliphatic heterocycles. The van der Waals surface area contributed by atoms with Gasteiger partial charge in [0.25, 0.3) is 0 Å². The molecule has 1 aromatic heterocycles. The SMILES string of the molecule is CCCOc1ccnc(N(C)CCCC(=O)O)n1. The van der Waals surface area contributed by atoms with Crippen LogP contribution in [-0.4, -0.2) is 41.2 Å². The molecule has 18 heavy (non-hydrogen) atoms. The monoisotopic (exact) mass is 253 g/mol. The zero-order chi connectivity index (χ0) is 13.4. The molecule has 0 bridgehead atoms. The van der Waals surface area contributed by atoms with Crippen LogP contribution in [0.1, 0.15) is 26.2 Å². The van der Waals surface area contributed by atoms with Crippen molar-refractivity contribution in [2.75, 3.05) is 25.1 Å². The Morgan fingerprint density at radius 1 is 1.56 bits per heavy atom. The third-order valence-electron chi connectivity index (χ3n) is 2.30. The van der Waals surface area contributed by atoms with E-state index >= 15 is 0 Å². The lowest BCUT2D eigenvalue weighted by atomic mass is 10.3. The van der Waals surface area contributed by atoms with Crippen molar-refractivity contribution < 1.29 is 14.6 Å². The van der Waals surface area contributed by atoms with Gasteiger partial charge in [-0.05, 0) is 12.8 Å². The molecule has 6 nitrogen and oxygen atoms in total. The summed E-state index contributed by atoms with van der Waals surface area (Å²) in [7, 11) is 1.83. The van der Waals surface area contributed by atoms with Gasteiger partial charge in [0.15, 0.2) is 0 Å². The predicted octanol–water partition coefficient (Wildman–Crippen LogP) is 1.57. The average molecular weight is 253 g/mol. The molecular formula is C12H19N3O3. The van der Waals surface area contributed by atoms with Gasteiger partial charge in [-0.15, -0.1) is 0 Å². The van der Waals surface area contributed by atoms with Gasteiger partial charge in [0.05, 0.1) is 6.61 Å². The van der Waals surface area contributed by atoms with E-state index in [9.17, 15) is 4.79 Å². The van der Waals surface area contributed by atoms with E-state index in [2.05, 4.69) is 9.97 Å². The Hall–Kier alpha value is -1.85. The molecule has 100 valence electrons. The lowest BCUT2D eigenvalue weighted by Crippen LogP contribution is -2.21. The van der Waals surface area contributed by atoms with Gasteiger partial charge in [-0.1, -0.05) is 6.92 Å². The van der Waals surface area contributed by atoms with E-state index in [1.54, 1.807) is 12.3 Å². The van der Waals surface area contributed by atoms with Crippen LogP contribution in [0.25, 0.3) is 0 Å². The molecule has 0 aliphatic carbocycles. The highest BCUT2D eigenvalue weighted by Gasteiger charge is 2.06. The summed E-state index contributed by atoms with van der Waals surface area (Å²) in [6, 6.07) is 1.71. The van der Waals surface area contributed by atoms with Crippen molar-refractivity contribution in [1.82, 2.24) is 9.97 Å². The second kappa shape index (κ2) is 7.47. The van der Waals surface area contributed by atoms with Crippen LogP contribution in [0, 0.1) is 0 Å². The molecule has 0 unspecified atom stereocenters. The first-order chi connectivity index (χ1) is 8.63. The summed E-state index contributed by atoms with van der Waals surface area (Å²) in [6.45, 7) is 3.25. The van der Waals surface area contributed by atoms with Crippen LogP contribution in [0.2, 0.25) is 0 Å². The molecule has 0 amide bonds. The van der Waals surface area contributed by atoms with Crippen LogP contribution in [0.4, 0.5) is 5.95 Å². The van der Waals surface area contributed by atoms with Gasteiger partial charge >= 0.3 is 5.97 Å². The van der Waals surface area contributed by atoms with E-state index < -0.39 is 5.97 Å². The average Bonchev–Trinajstić information content (AvgIpc) is 2.36. The molecule has 0 saturated carbocycles. The van der Waals surface area contributed by atoms with E-state index in [1.165, 1.54) is 0 Å². The van der Waals surface area contributed by atoms with Crippen molar-refractivity contribution in [3.8, 4) is 5.88 Å². The highest BCUT2D eigenvalue weighted by molar-refractivity contribution is 5.66. The summed E-state index contributed by atoms with van der Waals surface area (Å²) in [6.07, 6.45) is 3.28. The Bertz CT molecular complexity index is 385. The van der Waals surface area contributed by atoms with Crippen molar-refractivity contribution in [3.05, 3.63) is 12.3 Å². The number of hydrogen-bond acceptors (Lipinski definition) is 5. The number of aromatic nitrogens is 2. The summed E-state index contributed by atoms with van der Waals surface area (Å²) in [4.78, 5) is 20.6. The number of carboxylic acids is 1. The van der Waals surface area contributed by atoms with E-state index in [0.717, 1.165) is 6.42 Å². The number of carbonyl (C=O) groups is 1. The molecule has 0 spiro atoms. The quantitative estimate of drug-likeness (QED) is 0.757. The summed E-state index contributed by atoms with van der Waals surface area (Å²) in [5, 5.41) is 8.57. The van der Waals surface area contributed by atoms with Gasteiger partial charge in [-0.2, -0.15) is 4.98 Å². The fourth-order valence-corrected chi connectivity index (χ4v) is 1.37. The van der Waals surface area contributed by atoms with Crippen molar-refractivity contribution in [2.24, 2.45) is 0 Å². The van der Waals surface area contributed by atoms with Gasteiger partial charge in [-0.25, -0.2) is 4.98 Å². The van der Waals surface area contributed by atoms with Crippen LogP contribution in [-0.2, 0) is 4.79 Å². The van der Waals surface area contributed by atoms with E-state index in [0.29, 0.717) is 31.4 Å². The Kier molecular flexibility index (Phi) is 5.90. The largest absolute Gasteiger partial charge is 0.481 e. The highest BCUT2D eigenvalue weighted by Crippen LogP contribution is 2.12. The minimum absolute atomic E-state index is 0.149. The molecule has 0 aliphatic rings. The Labute approximate surface area is 107 Å². The number of nitrogens with zero attached hydrogens (tertiary/aromatic N) is 3. The maximum atomic E-state index is 10.4. The van der Waals surface area contributed by atoms with Crippen molar-refractivity contribution in [3.63, 3.8) is 0 Å². The maximum Gasteiger partial charge on any atom is 0.303 e. The number of aliphatic carboxylic acids is 1. The van der Waals surface area contributed by atoms with Crippen LogP contribution < -0.4 is 9.64 Å². The molecule has 0 atom stereocenters. The van der Waals surface area contributed by atoms with Gasteiger partial charge in [-0.3, -0.25) is 4.79 Å². The minimum atomic E-state index is -0.788. The molecule has 1 rings (SSSR count). The molecule has 1 N–H and O–H groups in total. The molecule has 0 aromatic carbocycles. The number of rotatable bonds is 8. The zero-order valence-electron chi connectivity index (χ0n) is 10.8. The predicted molar refractivity (Wildman–Crippen MR) is 68.0 cm³/mol. The third kappa shape index (κ3) is 4.99. The fraction of sp³-hybridized carbons (Fsp3) is 0.583. The van der Waals surface area contributed by atoms with Gasteiger partial charge < -0.3 is 14.7 Å². The smallest absolute Gasteiger partial charge is 0.303 e. The molecule has 0 radical (unpaired) electrons. The lowest BCUT2D eigenvalue weighted by Gasteiger charge is -2.16. The van der Waals surface area contributed by atoms with Gasteiger partial charge in [0.1, 0.15) is 0 Å². The van der Waals surface area contributed by atoms with Crippen LogP contribution in [0.15, 0.2) is 12.3 Å². The Balaban J connectivity index is 2.51. The topological polar surface area (TPSA) is 75.5 Å². The second-order valence-electron chi connectivity index (χ2n) is 3.96. The van der Waals surface area contributed by atoms with E-state index in [1.807, 2.05) is 18.9 Å². The van der Waals surface area contributed by atoms with Crippen LogP contribution >= 0.6 is 0 Å². The molecule has 6 heteroatoms. The zero-order valence-corrected chi connectivity index (χ0v) is 10.8. The van der Waals surface area contributed by atoms with Crippen molar-refractivity contribution >= 4 is 11.9 Å². The number of ether oxygens (including phenoxy) is 1. The number of carboxylic acid groups (broad SMARTS) is 1. The molecule has 1 aromatic rings. The van der Waals surface area contributed by atoms with Crippen molar-refractivity contribution in [1.29, 1.82) is 0 Å². The normalized spacial score (nSPS) is 10.1. The first kappa shape index (κ1) is 14.2. The molecule has 0 fully saturated rings. The Morgan fingerprint density at radius 2 is 2.33 bits per heavy atom. The molecular weight excluding hydrogens is 234 g/mol. The fourth-order valence-electron chi connectivity index (χ4n) is 1.37. The summed E-state index contributed by atoms with van der Waals surface area (Å²) in [5.41, 5.74) is 0. The van der Waals surface area contributed by atoms with Gasteiger partial charge in [0.2, 0.25) is 11.8 Å². The third-order valence-corrected chi connectivity index (χ3v) is 2.30. The van der Waals surface area contributed by atoms with Crippen LogP contribution in [0.5, 0.6) is 5.88 Å².